The summed E-state index contributed by atoms with van der Waals surface area (Å²) in [7, 11) is 0. The van der Waals surface area contributed by atoms with Gasteiger partial charge in [0.25, 0.3) is 0 Å². The first kappa shape index (κ1) is 15.5. The Morgan fingerprint density at radius 1 is 1.48 bits per heavy atom. The van der Waals surface area contributed by atoms with E-state index < -0.39 is 6.09 Å². The van der Waals surface area contributed by atoms with Crippen molar-refractivity contribution < 1.29 is 14.3 Å². The third-order valence-electron chi connectivity index (χ3n) is 3.63. The average molecular weight is 333 g/mol. The normalized spacial score (nSPS) is 19.7. The summed E-state index contributed by atoms with van der Waals surface area (Å²) in [6, 6.07) is 5.55. The Hall–Kier alpha value is -2.38. The number of azide groups is 1. The van der Waals surface area contributed by atoms with Crippen molar-refractivity contribution in [3.63, 3.8) is 0 Å². The second-order valence-electron chi connectivity index (χ2n) is 5.23. The molecule has 9 heteroatoms. The van der Waals surface area contributed by atoms with Crippen molar-refractivity contribution in [1.82, 2.24) is 0 Å². The highest BCUT2D eigenvalue weighted by molar-refractivity contribution is 8.00. The average Bonchev–Trinajstić information content (AvgIpc) is 2.91. The van der Waals surface area contributed by atoms with Crippen LogP contribution in [0, 0.1) is 0 Å². The van der Waals surface area contributed by atoms with E-state index in [-0.39, 0.29) is 12.0 Å². The standard InChI is InChI=1S/C14H15N5O3S/c15-18-16-5-1-2-10-7-19(14(21)22-10)9-3-4-12-11(6-9)17-13(20)8-23-12/h3-4,6,10H,1-2,5,7-8H2,(H,17,20)/t10-/m1/s1. The third-order valence-corrected chi connectivity index (χ3v) is 4.70. The molecule has 0 spiro atoms. The summed E-state index contributed by atoms with van der Waals surface area (Å²) in [6.45, 7) is 0.849. The Kier molecular flexibility index (Phi) is 4.59. The van der Waals surface area contributed by atoms with Gasteiger partial charge in [-0.1, -0.05) is 5.11 Å². The summed E-state index contributed by atoms with van der Waals surface area (Å²) in [5, 5.41) is 6.28. The van der Waals surface area contributed by atoms with Crippen molar-refractivity contribution in [3.8, 4) is 0 Å². The molecule has 0 unspecified atom stereocenters. The largest absolute Gasteiger partial charge is 0.444 e. The van der Waals surface area contributed by atoms with Gasteiger partial charge >= 0.3 is 6.09 Å². The molecular weight excluding hydrogens is 318 g/mol. The summed E-state index contributed by atoms with van der Waals surface area (Å²) in [5.74, 6) is 0.366. The summed E-state index contributed by atoms with van der Waals surface area (Å²) in [5.41, 5.74) is 9.67. The molecule has 0 bridgehead atoms. The van der Waals surface area contributed by atoms with Gasteiger partial charge < -0.3 is 10.1 Å². The molecule has 0 aromatic heterocycles. The number of benzene rings is 1. The van der Waals surface area contributed by atoms with Gasteiger partial charge in [0.1, 0.15) is 6.10 Å². The van der Waals surface area contributed by atoms with Crippen LogP contribution in [0.15, 0.2) is 28.2 Å². The smallest absolute Gasteiger partial charge is 0.414 e. The number of ether oxygens (including phenoxy) is 1. The number of hydrogen-bond donors (Lipinski definition) is 1. The highest BCUT2D eigenvalue weighted by Crippen LogP contribution is 2.35. The van der Waals surface area contributed by atoms with Gasteiger partial charge in [-0.3, -0.25) is 9.69 Å². The Bertz CT molecular complexity index is 689. The molecule has 1 atom stereocenters. The number of carbonyl (C=O) groups excluding carboxylic acids is 2. The molecule has 1 aromatic rings. The lowest BCUT2D eigenvalue weighted by Crippen LogP contribution is -2.25. The number of anilines is 2. The SMILES string of the molecule is [N-]=[N+]=NCCC[C@@H]1CN(c2ccc3c(c2)NC(=O)CS3)C(=O)O1. The fraction of sp³-hybridized carbons (Fsp3) is 0.429. The molecule has 0 saturated carbocycles. The molecule has 2 aliphatic heterocycles. The zero-order valence-corrected chi connectivity index (χ0v) is 13.1. The number of hydrogen-bond acceptors (Lipinski definition) is 5. The van der Waals surface area contributed by atoms with E-state index in [1.54, 1.807) is 11.0 Å². The minimum absolute atomic E-state index is 0.0421. The van der Waals surface area contributed by atoms with Crippen LogP contribution < -0.4 is 10.2 Å². The molecule has 1 fully saturated rings. The maximum Gasteiger partial charge on any atom is 0.414 e. The van der Waals surface area contributed by atoms with E-state index >= 15 is 0 Å². The second-order valence-corrected chi connectivity index (χ2v) is 6.25. The molecular formula is C14H15N5O3S. The lowest BCUT2D eigenvalue weighted by molar-refractivity contribution is -0.113. The number of cyclic esters (lactones) is 1. The minimum atomic E-state index is -0.395. The van der Waals surface area contributed by atoms with Gasteiger partial charge in [-0.2, -0.15) is 0 Å². The van der Waals surface area contributed by atoms with E-state index in [0.29, 0.717) is 37.4 Å². The maximum absolute atomic E-state index is 12.0. The van der Waals surface area contributed by atoms with Crippen LogP contribution in [0.3, 0.4) is 0 Å². The first-order valence-electron chi connectivity index (χ1n) is 7.23. The van der Waals surface area contributed by atoms with Crippen LogP contribution in [-0.4, -0.2) is 36.9 Å². The van der Waals surface area contributed by atoms with E-state index in [1.165, 1.54) is 11.8 Å². The number of rotatable bonds is 5. The van der Waals surface area contributed by atoms with Crippen molar-refractivity contribution in [2.75, 3.05) is 29.1 Å². The van der Waals surface area contributed by atoms with Crippen molar-refractivity contribution in [2.24, 2.45) is 5.11 Å². The first-order valence-corrected chi connectivity index (χ1v) is 8.21. The van der Waals surface area contributed by atoms with Crippen LogP contribution in [0.25, 0.3) is 10.4 Å². The predicted octanol–water partition coefficient (Wildman–Crippen LogP) is 3.15. The number of fused-ring (bicyclic) bond motifs is 1. The molecule has 0 aliphatic carbocycles. The van der Waals surface area contributed by atoms with Crippen LogP contribution in [0.4, 0.5) is 16.2 Å². The minimum Gasteiger partial charge on any atom is -0.444 e. The molecule has 1 aromatic carbocycles. The van der Waals surface area contributed by atoms with Gasteiger partial charge in [-0.25, -0.2) is 4.79 Å². The van der Waals surface area contributed by atoms with Gasteiger partial charge in [0, 0.05) is 22.0 Å². The number of amides is 2. The molecule has 1 saturated heterocycles. The Balaban J connectivity index is 1.67. The van der Waals surface area contributed by atoms with Gasteiger partial charge in [0.05, 0.1) is 18.0 Å². The Morgan fingerprint density at radius 3 is 3.17 bits per heavy atom. The van der Waals surface area contributed by atoms with E-state index in [0.717, 1.165) is 10.6 Å². The fourth-order valence-electron chi connectivity index (χ4n) is 2.56. The zero-order chi connectivity index (χ0) is 16.2. The first-order chi connectivity index (χ1) is 11.2. The van der Waals surface area contributed by atoms with Crippen molar-refractivity contribution in [3.05, 3.63) is 28.6 Å². The zero-order valence-electron chi connectivity index (χ0n) is 12.3. The number of thioether (sulfide) groups is 1. The lowest BCUT2D eigenvalue weighted by atomic mass is 10.2. The molecule has 120 valence electrons. The van der Waals surface area contributed by atoms with Gasteiger partial charge in [0.15, 0.2) is 0 Å². The summed E-state index contributed by atoms with van der Waals surface area (Å²) in [4.78, 5) is 28.8. The van der Waals surface area contributed by atoms with Gasteiger partial charge in [-0.15, -0.1) is 11.8 Å². The van der Waals surface area contributed by atoms with E-state index in [2.05, 4.69) is 15.3 Å². The maximum atomic E-state index is 12.0. The van der Waals surface area contributed by atoms with Crippen molar-refractivity contribution in [1.29, 1.82) is 0 Å². The van der Waals surface area contributed by atoms with E-state index in [9.17, 15) is 9.59 Å². The van der Waals surface area contributed by atoms with Crippen molar-refractivity contribution in [2.45, 2.75) is 23.8 Å². The topological polar surface area (TPSA) is 107 Å². The van der Waals surface area contributed by atoms with Crippen molar-refractivity contribution >= 4 is 35.1 Å². The number of nitrogens with one attached hydrogen (secondary N) is 1. The summed E-state index contributed by atoms with van der Waals surface area (Å²) >= 11 is 1.48. The van der Waals surface area contributed by atoms with Crippen LogP contribution in [-0.2, 0) is 9.53 Å². The van der Waals surface area contributed by atoms with Crippen LogP contribution in [0.5, 0.6) is 0 Å². The number of carbonyl (C=O) groups is 2. The van der Waals surface area contributed by atoms with Crippen LogP contribution >= 0.6 is 11.8 Å². The van der Waals surface area contributed by atoms with Crippen LogP contribution in [0.1, 0.15) is 12.8 Å². The van der Waals surface area contributed by atoms with Gasteiger partial charge in [-0.05, 0) is 36.6 Å². The quantitative estimate of drug-likeness (QED) is 0.386. The molecule has 0 radical (unpaired) electrons. The highest BCUT2D eigenvalue weighted by atomic mass is 32.2. The monoisotopic (exact) mass is 333 g/mol. The Labute approximate surface area is 136 Å². The molecule has 2 heterocycles. The molecule has 2 aliphatic rings. The number of nitrogens with zero attached hydrogens (tertiary/aromatic N) is 4. The third kappa shape index (κ3) is 3.52. The molecule has 2 amide bonds. The van der Waals surface area contributed by atoms with Crippen LogP contribution in [0.2, 0.25) is 0 Å². The highest BCUT2D eigenvalue weighted by Gasteiger charge is 2.32. The molecule has 23 heavy (non-hydrogen) atoms. The summed E-state index contributed by atoms with van der Waals surface area (Å²) in [6.07, 6.45) is 0.718. The Morgan fingerprint density at radius 2 is 2.35 bits per heavy atom. The van der Waals surface area contributed by atoms with E-state index in [1.807, 2.05) is 12.1 Å². The second kappa shape index (κ2) is 6.80. The molecule has 1 N–H and O–H groups in total. The molecule has 8 nitrogen and oxygen atoms in total. The van der Waals surface area contributed by atoms with E-state index in [4.69, 9.17) is 10.3 Å². The summed E-state index contributed by atoms with van der Waals surface area (Å²) < 4.78 is 5.33. The molecule has 3 rings (SSSR count). The fourth-order valence-corrected chi connectivity index (χ4v) is 3.34. The predicted molar refractivity (Wildman–Crippen MR) is 86.7 cm³/mol. The van der Waals surface area contributed by atoms with Gasteiger partial charge in [0.2, 0.25) is 5.91 Å². The lowest BCUT2D eigenvalue weighted by Gasteiger charge is -2.19.